The Balaban J connectivity index is 1.23. The van der Waals surface area contributed by atoms with Gasteiger partial charge >= 0.3 is 0 Å². The average molecular weight is 696 g/mol. The van der Waals surface area contributed by atoms with E-state index in [1.165, 1.54) is 75.8 Å². The Morgan fingerprint density at radius 1 is 0.396 bits per heavy atom. The Labute approximate surface area is 315 Å². The number of benzene rings is 8. The summed E-state index contributed by atoms with van der Waals surface area (Å²) in [6.45, 7) is 4.74. The van der Waals surface area contributed by atoms with Crippen molar-refractivity contribution in [2.24, 2.45) is 0 Å². The van der Waals surface area contributed by atoms with E-state index in [0.29, 0.717) is 0 Å². The van der Waals surface area contributed by atoms with Crippen molar-refractivity contribution in [1.29, 1.82) is 0 Å². The molecule has 2 heteroatoms. The molecule has 1 aliphatic rings. The lowest BCUT2D eigenvalue weighted by Crippen LogP contribution is -2.15. The number of anilines is 3. The minimum atomic E-state index is -0.109. The summed E-state index contributed by atoms with van der Waals surface area (Å²) in [5.74, 6) is 0. The summed E-state index contributed by atoms with van der Waals surface area (Å²) in [6.07, 6.45) is 0. The third-order valence-electron chi connectivity index (χ3n) is 11.1. The maximum absolute atomic E-state index is 2.47. The van der Waals surface area contributed by atoms with Gasteiger partial charge in [-0.2, -0.15) is 0 Å². The first-order chi connectivity index (χ1) is 26.0. The standard InChI is InChI=1S/C51H37NS/c1-51(2)45-21-11-9-18-41(45)42-30-26-37(32-46(42)51)50-40(36-16-7-4-8-17-36)20-13-22-47(50)52(38-27-24-35(25-28-38)34-14-5-3-6-15-34)39-29-31-49-44(33-39)43-19-10-12-23-48(43)53-49/h3-33H,1-2H3. The van der Waals surface area contributed by atoms with Gasteiger partial charge in [0.1, 0.15) is 0 Å². The van der Waals surface area contributed by atoms with Crippen molar-refractivity contribution in [3.05, 3.63) is 199 Å². The van der Waals surface area contributed by atoms with Crippen LogP contribution in [0, 0.1) is 0 Å². The van der Waals surface area contributed by atoms with E-state index in [1.54, 1.807) is 0 Å². The van der Waals surface area contributed by atoms with Gasteiger partial charge in [-0.25, -0.2) is 0 Å². The normalized spacial score (nSPS) is 12.9. The smallest absolute Gasteiger partial charge is 0.0546 e. The summed E-state index contributed by atoms with van der Waals surface area (Å²) in [6, 6.07) is 69.2. The second-order valence-electron chi connectivity index (χ2n) is 14.5. The highest BCUT2D eigenvalue weighted by atomic mass is 32.1. The number of hydrogen-bond acceptors (Lipinski definition) is 2. The third kappa shape index (κ3) is 5.21. The molecule has 0 radical (unpaired) electrons. The first-order valence-electron chi connectivity index (χ1n) is 18.3. The topological polar surface area (TPSA) is 3.24 Å². The van der Waals surface area contributed by atoms with E-state index >= 15 is 0 Å². The van der Waals surface area contributed by atoms with E-state index < -0.39 is 0 Å². The zero-order valence-electron chi connectivity index (χ0n) is 29.8. The maximum atomic E-state index is 2.47. The molecular weight excluding hydrogens is 659 g/mol. The van der Waals surface area contributed by atoms with Gasteiger partial charge in [-0.1, -0.05) is 153 Å². The van der Waals surface area contributed by atoms with Gasteiger partial charge in [0.25, 0.3) is 0 Å². The molecule has 1 aromatic heterocycles. The van der Waals surface area contributed by atoms with Gasteiger partial charge in [0, 0.05) is 42.5 Å². The molecule has 0 saturated heterocycles. The van der Waals surface area contributed by atoms with Crippen LogP contribution < -0.4 is 4.90 Å². The van der Waals surface area contributed by atoms with Crippen LogP contribution in [-0.2, 0) is 5.41 Å². The highest BCUT2D eigenvalue weighted by Crippen LogP contribution is 2.52. The average Bonchev–Trinajstić information content (AvgIpc) is 3.70. The van der Waals surface area contributed by atoms with Crippen LogP contribution in [0.5, 0.6) is 0 Å². The number of nitrogens with zero attached hydrogens (tertiary/aromatic N) is 1. The van der Waals surface area contributed by atoms with Gasteiger partial charge in [-0.15, -0.1) is 11.3 Å². The Hall–Kier alpha value is -6.22. The van der Waals surface area contributed by atoms with Gasteiger partial charge in [-0.05, 0) is 98.6 Å². The minimum Gasteiger partial charge on any atom is -0.310 e. The van der Waals surface area contributed by atoms with Gasteiger partial charge in [-0.3, -0.25) is 0 Å². The zero-order chi connectivity index (χ0) is 35.5. The number of hydrogen-bond donors (Lipinski definition) is 0. The molecule has 0 aliphatic heterocycles. The number of rotatable bonds is 6. The van der Waals surface area contributed by atoms with Crippen molar-refractivity contribution in [3.8, 4) is 44.5 Å². The summed E-state index contributed by atoms with van der Waals surface area (Å²) < 4.78 is 2.61. The van der Waals surface area contributed by atoms with E-state index in [2.05, 4.69) is 207 Å². The zero-order valence-corrected chi connectivity index (χ0v) is 30.6. The lowest BCUT2D eigenvalue weighted by molar-refractivity contribution is 0.660. The second kappa shape index (κ2) is 12.5. The van der Waals surface area contributed by atoms with Crippen LogP contribution in [-0.4, -0.2) is 0 Å². The van der Waals surface area contributed by atoms with Gasteiger partial charge < -0.3 is 4.90 Å². The minimum absolute atomic E-state index is 0.109. The molecule has 8 aromatic carbocycles. The highest BCUT2D eigenvalue weighted by Gasteiger charge is 2.35. The van der Waals surface area contributed by atoms with Gasteiger partial charge in [0.15, 0.2) is 0 Å². The fourth-order valence-electron chi connectivity index (χ4n) is 8.46. The monoisotopic (exact) mass is 695 g/mol. The quantitative estimate of drug-likeness (QED) is 0.167. The summed E-state index contributed by atoms with van der Waals surface area (Å²) in [4.78, 5) is 2.47. The van der Waals surface area contributed by atoms with E-state index in [9.17, 15) is 0 Å². The third-order valence-corrected chi connectivity index (χ3v) is 12.2. The molecular formula is C51H37NS. The van der Waals surface area contributed by atoms with Crippen molar-refractivity contribution < 1.29 is 0 Å². The molecule has 1 heterocycles. The lowest BCUT2D eigenvalue weighted by Gasteiger charge is -2.30. The Kier molecular flexibility index (Phi) is 7.42. The van der Waals surface area contributed by atoms with Crippen LogP contribution in [0.2, 0.25) is 0 Å². The summed E-state index contributed by atoms with van der Waals surface area (Å²) in [5, 5.41) is 2.58. The SMILES string of the molecule is CC1(C)c2ccccc2-c2ccc(-c3c(-c4ccccc4)cccc3N(c3ccc(-c4ccccc4)cc3)c3ccc4sc5ccccc5c4c3)cc21. The first-order valence-corrected chi connectivity index (χ1v) is 19.2. The number of thiophene rings is 1. The molecule has 0 spiro atoms. The molecule has 0 amide bonds. The van der Waals surface area contributed by atoms with Crippen molar-refractivity contribution in [3.63, 3.8) is 0 Å². The molecule has 0 unspecified atom stereocenters. The molecule has 1 nitrogen and oxygen atoms in total. The maximum Gasteiger partial charge on any atom is 0.0546 e. The van der Waals surface area contributed by atoms with E-state index in [-0.39, 0.29) is 5.41 Å². The summed E-state index contributed by atoms with van der Waals surface area (Å²) >= 11 is 1.86. The largest absolute Gasteiger partial charge is 0.310 e. The molecule has 53 heavy (non-hydrogen) atoms. The van der Waals surface area contributed by atoms with Crippen molar-refractivity contribution >= 4 is 48.6 Å². The molecule has 0 N–H and O–H groups in total. The molecule has 252 valence electrons. The van der Waals surface area contributed by atoms with E-state index in [0.717, 1.165) is 17.1 Å². The predicted molar refractivity (Wildman–Crippen MR) is 228 cm³/mol. The molecule has 0 bridgehead atoms. The fraction of sp³-hybridized carbons (Fsp3) is 0.0588. The molecule has 10 rings (SSSR count). The van der Waals surface area contributed by atoms with Crippen LogP contribution in [0.25, 0.3) is 64.7 Å². The van der Waals surface area contributed by atoms with Gasteiger partial charge in [0.05, 0.1) is 5.69 Å². The lowest BCUT2D eigenvalue weighted by atomic mass is 9.81. The van der Waals surface area contributed by atoms with Crippen LogP contribution in [0.15, 0.2) is 188 Å². The van der Waals surface area contributed by atoms with E-state index in [4.69, 9.17) is 0 Å². The molecule has 9 aromatic rings. The first kappa shape index (κ1) is 31.5. The molecule has 0 saturated carbocycles. The fourth-order valence-corrected chi connectivity index (χ4v) is 9.55. The Bertz CT molecular complexity index is 2790. The molecule has 0 atom stereocenters. The highest BCUT2D eigenvalue weighted by molar-refractivity contribution is 7.25. The Morgan fingerprint density at radius 2 is 1.00 bits per heavy atom. The predicted octanol–water partition coefficient (Wildman–Crippen LogP) is 14.8. The summed E-state index contributed by atoms with van der Waals surface area (Å²) in [7, 11) is 0. The van der Waals surface area contributed by atoms with Crippen molar-refractivity contribution in [2.75, 3.05) is 4.90 Å². The van der Waals surface area contributed by atoms with Crippen LogP contribution in [0.4, 0.5) is 17.1 Å². The van der Waals surface area contributed by atoms with Gasteiger partial charge in [0.2, 0.25) is 0 Å². The van der Waals surface area contributed by atoms with Crippen molar-refractivity contribution in [1.82, 2.24) is 0 Å². The van der Waals surface area contributed by atoms with Crippen LogP contribution in [0.3, 0.4) is 0 Å². The molecule has 1 aliphatic carbocycles. The van der Waals surface area contributed by atoms with Crippen LogP contribution >= 0.6 is 11.3 Å². The van der Waals surface area contributed by atoms with Crippen LogP contribution in [0.1, 0.15) is 25.0 Å². The Morgan fingerprint density at radius 3 is 1.81 bits per heavy atom. The number of fused-ring (bicyclic) bond motifs is 6. The molecule has 0 fully saturated rings. The van der Waals surface area contributed by atoms with E-state index in [1.807, 2.05) is 11.3 Å². The summed E-state index contributed by atoms with van der Waals surface area (Å²) in [5.41, 5.74) is 16.0. The van der Waals surface area contributed by atoms with Crippen molar-refractivity contribution in [2.45, 2.75) is 19.3 Å². The second-order valence-corrected chi connectivity index (χ2v) is 15.6.